The van der Waals surface area contributed by atoms with E-state index < -0.39 is 12.1 Å². The molecule has 0 radical (unpaired) electrons. The van der Waals surface area contributed by atoms with Crippen LogP contribution in [0, 0.1) is 0 Å². The van der Waals surface area contributed by atoms with Crippen LogP contribution in [0.1, 0.15) is 8.22 Å². The van der Waals surface area contributed by atoms with Gasteiger partial charge in [0.1, 0.15) is 0 Å². The highest BCUT2D eigenvalue weighted by Gasteiger charge is 2.28. The van der Waals surface area contributed by atoms with E-state index in [2.05, 4.69) is 89.9 Å². The molecule has 0 unspecified atom stereocenters. The van der Waals surface area contributed by atoms with Crippen molar-refractivity contribution in [3.63, 3.8) is 0 Å². The number of rotatable bonds is 6. The summed E-state index contributed by atoms with van der Waals surface area (Å²) < 4.78 is 57.8. The lowest BCUT2D eigenvalue weighted by molar-refractivity contribution is 1.37. The van der Waals surface area contributed by atoms with Crippen molar-refractivity contribution < 1.29 is 8.22 Å². The fourth-order valence-electron chi connectivity index (χ4n) is 8.99. The monoisotopic (exact) mass is 798 g/mol. The Balaban J connectivity index is 1.27. The number of aromatic nitrogens is 2. The number of nitrogens with zero attached hydrogens (tertiary/aromatic N) is 2. The Morgan fingerprint density at radius 1 is 0.361 bits per heavy atom. The van der Waals surface area contributed by atoms with Gasteiger partial charge in [-0.3, -0.25) is 4.98 Å². The highest BCUT2D eigenvalue weighted by atomic mass is 32.1. The molecule has 9 aromatic carbocycles. The minimum atomic E-state index is -0.427. The fourth-order valence-corrected chi connectivity index (χ4v) is 10.4. The van der Waals surface area contributed by atoms with E-state index in [0.717, 1.165) is 75.5 Å². The van der Waals surface area contributed by atoms with Gasteiger partial charge in [-0.15, -0.1) is 11.3 Å². The van der Waals surface area contributed by atoms with Crippen LogP contribution in [0.5, 0.6) is 0 Å². The van der Waals surface area contributed by atoms with Gasteiger partial charge >= 0.3 is 0 Å². The molecular weight excluding hydrogens is 757 g/mol. The van der Waals surface area contributed by atoms with Crippen molar-refractivity contribution in [1.82, 2.24) is 9.97 Å². The van der Waals surface area contributed by atoms with E-state index in [4.69, 9.17) is 7.73 Å². The first-order valence-electron chi connectivity index (χ1n) is 23.3. The van der Waals surface area contributed by atoms with Crippen LogP contribution in [-0.4, -0.2) is 9.97 Å². The summed E-state index contributed by atoms with van der Waals surface area (Å²) >= 11 is 1.60. The summed E-state index contributed by atoms with van der Waals surface area (Å²) in [6.07, 6.45) is 1.71. The van der Waals surface area contributed by atoms with Crippen molar-refractivity contribution in [3.8, 4) is 65.5 Å². The minimum absolute atomic E-state index is 0.135. The molecule has 0 bridgehead atoms. The average Bonchev–Trinajstić information content (AvgIpc) is 3.77. The van der Waals surface area contributed by atoms with Crippen molar-refractivity contribution in [2.24, 2.45) is 0 Å². The van der Waals surface area contributed by atoms with E-state index >= 15 is 0 Å². The maximum atomic E-state index is 10.2. The lowest BCUT2D eigenvalue weighted by Gasteiger charge is -2.19. The number of thiophene rings is 1. The standard InChI is InChI=1S/C58H36N2S/c1-4-17-37(18-5-1)51-45-26-12-14-28-47(45)53(48-29-15-13-27-46(48)51)58-52(38-19-6-2-7-20-38)54(57(61-58)41-21-8-3-9-22-41)49-34-33-44(42-24-10-11-25-43(42)49)50-35-32-40-31-30-39-23-16-36-59-55(39)56(40)60-50/h1-36H/i10D,11D,24D,25D,33D,34D. The summed E-state index contributed by atoms with van der Waals surface area (Å²) in [6, 6.07) is 57.2. The van der Waals surface area contributed by atoms with Crippen molar-refractivity contribution in [2.45, 2.75) is 0 Å². The van der Waals surface area contributed by atoms with E-state index in [-0.39, 0.29) is 46.1 Å². The van der Waals surface area contributed by atoms with E-state index in [0.29, 0.717) is 22.3 Å². The molecule has 0 aliphatic rings. The molecule has 284 valence electrons. The van der Waals surface area contributed by atoms with E-state index in [1.165, 1.54) is 0 Å². The van der Waals surface area contributed by atoms with Crippen molar-refractivity contribution >= 4 is 65.5 Å². The first-order chi connectivity index (χ1) is 32.8. The third-order valence-electron chi connectivity index (χ3n) is 11.7. The molecule has 0 atom stereocenters. The predicted octanol–water partition coefficient (Wildman–Crippen LogP) is 16.3. The van der Waals surface area contributed by atoms with Crippen molar-refractivity contribution in [3.05, 3.63) is 218 Å². The molecule has 3 aromatic heterocycles. The zero-order chi connectivity index (χ0) is 45.5. The molecule has 0 N–H and O–H groups in total. The van der Waals surface area contributed by atoms with Crippen LogP contribution in [-0.2, 0) is 0 Å². The topological polar surface area (TPSA) is 25.8 Å². The molecule has 0 fully saturated rings. The quantitative estimate of drug-likeness (QED) is 0.124. The van der Waals surface area contributed by atoms with E-state index in [1.807, 2.05) is 84.9 Å². The van der Waals surface area contributed by atoms with Crippen LogP contribution in [0.15, 0.2) is 218 Å². The lowest BCUT2D eigenvalue weighted by Crippen LogP contribution is -1.93. The second kappa shape index (κ2) is 14.5. The van der Waals surface area contributed by atoms with Gasteiger partial charge in [0, 0.05) is 49.0 Å². The maximum absolute atomic E-state index is 10.2. The Bertz CT molecular complexity index is 3930. The third kappa shape index (κ3) is 5.78. The van der Waals surface area contributed by atoms with Gasteiger partial charge in [0.2, 0.25) is 0 Å². The zero-order valence-electron chi connectivity index (χ0n) is 38.6. The molecule has 0 amide bonds. The van der Waals surface area contributed by atoms with Crippen LogP contribution in [0.25, 0.3) is 120 Å². The molecule has 3 heterocycles. The Morgan fingerprint density at radius 3 is 1.51 bits per heavy atom. The number of hydrogen-bond acceptors (Lipinski definition) is 3. The minimum Gasteiger partial charge on any atom is -0.254 e. The first-order valence-corrected chi connectivity index (χ1v) is 21.1. The summed E-state index contributed by atoms with van der Waals surface area (Å²) in [5.41, 5.74) is 8.44. The van der Waals surface area contributed by atoms with Gasteiger partial charge in [0.05, 0.1) is 25.0 Å². The van der Waals surface area contributed by atoms with Gasteiger partial charge in [-0.1, -0.05) is 200 Å². The van der Waals surface area contributed by atoms with Crippen LogP contribution in [0.4, 0.5) is 0 Å². The van der Waals surface area contributed by atoms with E-state index in [1.54, 1.807) is 23.6 Å². The van der Waals surface area contributed by atoms with Crippen LogP contribution < -0.4 is 0 Å². The number of fused-ring (bicyclic) bond motifs is 6. The Kier molecular flexibility index (Phi) is 7.02. The Labute approximate surface area is 366 Å². The van der Waals surface area contributed by atoms with Gasteiger partial charge in [-0.05, 0) is 72.3 Å². The molecule has 0 saturated heterocycles. The van der Waals surface area contributed by atoms with Gasteiger partial charge in [0.15, 0.2) is 0 Å². The predicted molar refractivity (Wildman–Crippen MR) is 260 cm³/mol. The molecule has 0 aliphatic heterocycles. The summed E-state index contributed by atoms with van der Waals surface area (Å²) in [7, 11) is 0. The normalized spacial score (nSPS) is 13.0. The summed E-state index contributed by atoms with van der Waals surface area (Å²) in [5.74, 6) is 0. The number of benzene rings is 9. The Morgan fingerprint density at radius 2 is 0.869 bits per heavy atom. The third-order valence-corrected chi connectivity index (χ3v) is 12.9. The molecule has 2 nitrogen and oxygen atoms in total. The molecule has 12 rings (SSSR count). The molecule has 61 heavy (non-hydrogen) atoms. The molecule has 3 heteroatoms. The maximum Gasteiger partial charge on any atom is 0.0972 e. The van der Waals surface area contributed by atoms with Gasteiger partial charge in [-0.2, -0.15) is 0 Å². The lowest BCUT2D eigenvalue weighted by atomic mass is 9.84. The van der Waals surface area contributed by atoms with Gasteiger partial charge < -0.3 is 0 Å². The summed E-state index contributed by atoms with van der Waals surface area (Å²) in [5, 5.41) is 6.28. The first kappa shape index (κ1) is 29.5. The number of pyridine rings is 2. The second-order valence-corrected chi connectivity index (χ2v) is 16.1. The highest BCUT2D eigenvalue weighted by Crippen LogP contribution is 2.56. The molecule has 12 aromatic rings. The number of hydrogen-bond donors (Lipinski definition) is 0. The molecule has 0 aliphatic carbocycles. The van der Waals surface area contributed by atoms with Crippen molar-refractivity contribution in [1.29, 1.82) is 0 Å². The summed E-state index contributed by atoms with van der Waals surface area (Å²) in [4.78, 5) is 11.5. The van der Waals surface area contributed by atoms with Gasteiger partial charge in [-0.25, -0.2) is 4.98 Å². The van der Waals surface area contributed by atoms with Crippen LogP contribution >= 0.6 is 11.3 Å². The van der Waals surface area contributed by atoms with Crippen molar-refractivity contribution in [2.75, 3.05) is 0 Å². The second-order valence-electron chi connectivity index (χ2n) is 15.1. The van der Waals surface area contributed by atoms with E-state index in [9.17, 15) is 5.48 Å². The molecule has 0 saturated carbocycles. The SMILES string of the molecule is [2H]c1c([2H])c([2H])c2c(-c3c(-c4ccccc4)sc(-c4c5ccccc5c(-c5ccccc5)c5ccccc45)c3-c3ccccc3)c([2H])c([2H])c(-c3ccc4ccc5cccnc5c4n3)c2c1[2H]. The molecular formula is C58H36N2S. The zero-order valence-corrected chi connectivity index (χ0v) is 33.4. The fraction of sp³-hybridized carbons (Fsp3) is 0. The largest absolute Gasteiger partial charge is 0.254 e. The highest BCUT2D eigenvalue weighted by molar-refractivity contribution is 7.20. The summed E-state index contributed by atoms with van der Waals surface area (Å²) in [6.45, 7) is 0. The smallest absolute Gasteiger partial charge is 0.0972 e. The Hall–Kier alpha value is -7.72. The van der Waals surface area contributed by atoms with Gasteiger partial charge in [0.25, 0.3) is 0 Å². The molecule has 0 spiro atoms. The van der Waals surface area contributed by atoms with Crippen LogP contribution in [0.2, 0.25) is 0 Å². The van der Waals surface area contributed by atoms with Crippen LogP contribution in [0.3, 0.4) is 0 Å². The average molecular weight is 799 g/mol.